The third-order valence-electron chi connectivity index (χ3n) is 4.17. The Morgan fingerprint density at radius 2 is 1.88 bits per heavy atom. The minimum Gasteiger partial charge on any atom is -0.439 e. The standard InChI is InChI=1S/C16H16BrN3O3S2/c17-14-5-6-16(24-14)25(21,22)20-9-7-19(8-10-20)11-15-18-12-3-1-2-4-13(12)23-15/h1-6H,7-11H2. The van der Waals surface area contributed by atoms with E-state index < -0.39 is 10.0 Å². The lowest BCUT2D eigenvalue weighted by Crippen LogP contribution is -2.48. The normalized spacial score (nSPS) is 17.3. The zero-order valence-corrected chi connectivity index (χ0v) is 16.5. The topological polar surface area (TPSA) is 66.7 Å². The second-order valence-electron chi connectivity index (χ2n) is 5.81. The minimum atomic E-state index is -3.40. The lowest BCUT2D eigenvalue weighted by Gasteiger charge is -2.32. The summed E-state index contributed by atoms with van der Waals surface area (Å²) in [6.07, 6.45) is 0. The van der Waals surface area contributed by atoms with Gasteiger partial charge in [-0.3, -0.25) is 4.90 Å². The Balaban J connectivity index is 1.41. The summed E-state index contributed by atoms with van der Waals surface area (Å²) < 4.78 is 33.8. The number of fused-ring (bicyclic) bond motifs is 1. The highest BCUT2D eigenvalue weighted by molar-refractivity contribution is 9.11. The zero-order chi connectivity index (χ0) is 17.4. The van der Waals surface area contributed by atoms with Crippen LogP contribution in [0.25, 0.3) is 11.1 Å². The molecule has 6 nitrogen and oxygen atoms in total. The molecule has 3 aromatic rings. The molecule has 25 heavy (non-hydrogen) atoms. The first-order valence-electron chi connectivity index (χ1n) is 7.85. The number of para-hydroxylation sites is 2. The second-order valence-corrected chi connectivity index (χ2v) is 10.4. The molecule has 0 saturated carbocycles. The molecule has 0 unspecified atom stereocenters. The maximum atomic E-state index is 12.6. The molecule has 3 heterocycles. The van der Waals surface area contributed by atoms with E-state index in [2.05, 4.69) is 25.8 Å². The third-order valence-corrected chi connectivity index (χ3v) is 8.16. The highest BCUT2D eigenvalue weighted by Crippen LogP contribution is 2.29. The van der Waals surface area contributed by atoms with Gasteiger partial charge in [0.15, 0.2) is 5.58 Å². The van der Waals surface area contributed by atoms with Crippen molar-refractivity contribution < 1.29 is 12.8 Å². The van der Waals surface area contributed by atoms with E-state index >= 15 is 0 Å². The number of nitrogens with zero attached hydrogens (tertiary/aromatic N) is 3. The highest BCUT2D eigenvalue weighted by atomic mass is 79.9. The number of sulfonamides is 1. The molecule has 132 valence electrons. The van der Waals surface area contributed by atoms with Gasteiger partial charge in [0.2, 0.25) is 5.89 Å². The molecule has 0 amide bonds. The number of hydrogen-bond acceptors (Lipinski definition) is 6. The predicted molar refractivity (Wildman–Crippen MR) is 100 cm³/mol. The summed E-state index contributed by atoms with van der Waals surface area (Å²) in [7, 11) is -3.40. The van der Waals surface area contributed by atoms with Crippen molar-refractivity contribution in [2.75, 3.05) is 26.2 Å². The maximum absolute atomic E-state index is 12.6. The molecule has 0 N–H and O–H groups in total. The van der Waals surface area contributed by atoms with E-state index in [1.54, 1.807) is 16.4 Å². The summed E-state index contributed by atoms with van der Waals surface area (Å²) in [6.45, 7) is 2.85. The summed E-state index contributed by atoms with van der Waals surface area (Å²) in [6, 6.07) is 11.1. The Hall–Kier alpha value is -1.26. The molecule has 0 atom stereocenters. The number of rotatable bonds is 4. The molecule has 1 aliphatic rings. The van der Waals surface area contributed by atoms with Crippen molar-refractivity contribution in [2.45, 2.75) is 10.8 Å². The van der Waals surface area contributed by atoms with Crippen LogP contribution in [-0.2, 0) is 16.6 Å². The first kappa shape index (κ1) is 17.2. The number of piperazine rings is 1. The van der Waals surface area contributed by atoms with Crippen molar-refractivity contribution in [3.05, 3.63) is 46.1 Å². The highest BCUT2D eigenvalue weighted by Gasteiger charge is 2.30. The van der Waals surface area contributed by atoms with Crippen LogP contribution >= 0.6 is 27.3 Å². The quantitative estimate of drug-likeness (QED) is 0.621. The smallest absolute Gasteiger partial charge is 0.252 e. The van der Waals surface area contributed by atoms with Gasteiger partial charge in [-0.25, -0.2) is 13.4 Å². The largest absolute Gasteiger partial charge is 0.439 e. The maximum Gasteiger partial charge on any atom is 0.252 e. The molecule has 0 bridgehead atoms. The van der Waals surface area contributed by atoms with Crippen molar-refractivity contribution >= 4 is 48.4 Å². The van der Waals surface area contributed by atoms with Crippen LogP contribution < -0.4 is 0 Å². The van der Waals surface area contributed by atoms with Gasteiger partial charge in [0.05, 0.1) is 10.3 Å². The molecule has 1 fully saturated rings. The Labute approximate surface area is 158 Å². The number of thiophene rings is 1. The lowest BCUT2D eigenvalue weighted by molar-refractivity contribution is 0.169. The molecule has 4 rings (SSSR count). The van der Waals surface area contributed by atoms with Gasteiger partial charge in [0.25, 0.3) is 10.0 Å². The molecule has 0 aliphatic carbocycles. The summed E-state index contributed by atoms with van der Waals surface area (Å²) in [4.78, 5) is 6.65. The van der Waals surface area contributed by atoms with E-state index in [0.717, 1.165) is 14.9 Å². The van der Waals surface area contributed by atoms with Gasteiger partial charge in [0.1, 0.15) is 9.73 Å². The Morgan fingerprint density at radius 3 is 2.56 bits per heavy atom. The first-order chi connectivity index (χ1) is 12.0. The van der Waals surface area contributed by atoms with Crippen LogP contribution in [0.4, 0.5) is 0 Å². The fourth-order valence-corrected chi connectivity index (χ4v) is 6.46. The van der Waals surface area contributed by atoms with Crippen LogP contribution in [0.2, 0.25) is 0 Å². The monoisotopic (exact) mass is 441 g/mol. The predicted octanol–water partition coefficient (Wildman–Crippen LogP) is 3.16. The van der Waals surface area contributed by atoms with Crippen molar-refractivity contribution in [1.82, 2.24) is 14.2 Å². The fourth-order valence-electron chi connectivity index (χ4n) is 2.87. The Kier molecular flexibility index (Phi) is 4.67. The van der Waals surface area contributed by atoms with E-state index in [9.17, 15) is 8.42 Å². The van der Waals surface area contributed by atoms with Gasteiger partial charge in [-0.1, -0.05) is 12.1 Å². The van der Waals surface area contributed by atoms with Gasteiger partial charge >= 0.3 is 0 Å². The summed E-state index contributed by atoms with van der Waals surface area (Å²) in [5.74, 6) is 0.666. The minimum absolute atomic E-state index is 0.381. The van der Waals surface area contributed by atoms with Crippen molar-refractivity contribution in [2.24, 2.45) is 0 Å². The number of halogens is 1. The Bertz CT molecular complexity index is 958. The SMILES string of the molecule is O=S(=O)(c1ccc(Br)s1)N1CCN(Cc2nc3ccccc3o2)CC1. The molecule has 9 heteroatoms. The van der Waals surface area contributed by atoms with E-state index in [1.807, 2.05) is 24.3 Å². The van der Waals surface area contributed by atoms with E-state index in [-0.39, 0.29) is 0 Å². The van der Waals surface area contributed by atoms with Crippen LogP contribution in [0.3, 0.4) is 0 Å². The molecule has 1 aliphatic heterocycles. The first-order valence-corrected chi connectivity index (χ1v) is 10.9. The zero-order valence-electron chi connectivity index (χ0n) is 13.3. The second kappa shape index (κ2) is 6.81. The van der Waals surface area contributed by atoms with Crippen molar-refractivity contribution in [3.63, 3.8) is 0 Å². The molecule has 1 saturated heterocycles. The van der Waals surface area contributed by atoms with Crippen LogP contribution in [-0.4, -0.2) is 48.8 Å². The average Bonchev–Trinajstić information content (AvgIpc) is 3.21. The summed E-state index contributed by atoms with van der Waals surface area (Å²) >= 11 is 4.56. The molecule has 0 spiro atoms. The van der Waals surface area contributed by atoms with E-state index in [1.165, 1.54) is 11.3 Å². The van der Waals surface area contributed by atoms with Gasteiger partial charge in [0, 0.05) is 26.2 Å². The van der Waals surface area contributed by atoms with E-state index in [0.29, 0.717) is 42.8 Å². The third kappa shape index (κ3) is 3.52. The average molecular weight is 442 g/mol. The van der Waals surface area contributed by atoms with Crippen molar-refractivity contribution in [1.29, 1.82) is 0 Å². The lowest BCUT2D eigenvalue weighted by atomic mass is 10.3. The number of benzene rings is 1. The molecular formula is C16H16BrN3O3S2. The van der Waals surface area contributed by atoms with Crippen molar-refractivity contribution in [3.8, 4) is 0 Å². The van der Waals surface area contributed by atoms with Gasteiger partial charge in [-0.05, 0) is 40.2 Å². The molecule has 1 aromatic carbocycles. The molecule has 0 radical (unpaired) electrons. The fraction of sp³-hybridized carbons (Fsp3) is 0.312. The Morgan fingerprint density at radius 1 is 1.12 bits per heavy atom. The van der Waals surface area contributed by atoms with Crippen LogP contribution in [0.1, 0.15) is 5.89 Å². The number of oxazole rings is 1. The van der Waals surface area contributed by atoms with Crippen LogP contribution in [0.5, 0.6) is 0 Å². The van der Waals surface area contributed by atoms with Crippen LogP contribution in [0.15, 0.2) is 48.8 Å². The molecule has 2 aromatic heterocycles. The molecular weight excluding hydrogens is 426 g/mol. The summed E-state index contributed by atoms with van der Waals surface area (Å²) in [5, 5.41) is 0. The van der Waals surface area contributed by atoms with E-state index in [4.69, 9.17) is 4.42 Å². The van der Waals surface area contributed by atoms with Gasteiger partial charge in [-0.2, -0.15) is 4.31 Å². The number of hydrogen-bond donors (Lipinski definition) is 0. The van der Waals surface area contributed by atoms with Crippen LogP contribution in [0, 0.1) is 0 Å². The number of aromatic nitrogens is 1. The van der Waals surface area contributed by atoms with Gasteiger partial charge < -0.3 is 4.42 Å². The van der Waals surface area contributed by atoms with Gasteiger partial charge in [-0.15, -0.1) is 11.3 Å². The summed E-state index contributed by atoms with van der Waals surface area (Å²) in [5.41, 5.74) is 1.63.